The van der Waals surface area contributed by atoms with Gasteiger partial charge in [0.25, 0.3) is 5.69 Å². The van der Waals surface area contributed by atoms with Gasteiger partial charge in [0.2, 0.25) is 0 Å². The normalized spacial score (nSPS) is 10.3. The highest BCUT2D eigenvalue weighted by atomic mass is 79.9. The van der Waals surface area contributed by atoms with Gasteiger partial charge >= 0.3 is 0 Å². The highest BCUT2D eigenvalue weighted by Gasteiger charge is 2.14. The summed E-state index contributed by atoms with van der Waals surface area (Å²) >= 11 is 10.4. The highest BCUT2D eigenvalue weighted by molar-refractivity contribution is 9.10. The maximum absolute atomic E-state index is 10.9. The highest BCUT2D eigenvalue weighted by Crippen LogP contribution is 2.36. The molecule has 0 aliphatic carbocycles. The molecule has 0 N–H and O–H groups in total. The molecule has 0 spiro atoms. The molecular formula is C12H7BrClNO2S. The lowest BCUT2D eigenvalue weighted by Gasteiger charge is -2.03. The molecule has 6 heteroatoms. The van der Waals surface area contributed by atoms with Crippen LogP contribution in [0.15, 0.2) is 56.7 Å². The van der Waals surface area contributed by atoms with Crippen molar-refractivity contribution in [3.63, 3.8) is 0 Å². The Labute approximate surface area is 121 Å². The molecule has 92 valence electrons. The van der Waals surface area contributed by atoms with E-state index in [1.54, 1.807) is 24.3 Å². The van der Waals surface area contributed by atoms with E-state index in [0.29, 0.717) is 9.92 Å². The summed E-state index contributed by atoms with van der Waals surface area (Å²) in [7, 11) is 0. The smallest absolute Gasteiger partial charge is 0.258 e. The van der Waals surface area contributed by atoms with Gasteiger partial charge in [-0.3, -0.25) is 10.1 Å². The van der Waals surface area contributed by atoms with E-state index >= 15 is 0 Å². The zero-order chi connectivity index (χ0) is 13.1. The van der Waals surface area contributed by atoms with Crippen LogP contribution < -0.4 is 0 Å². The number of nitro groups is 1. The maximum Gasteiger partial charge on any atom is 0.283 e. The van der Waals surface area contributed by atoms with Crippen molar-refractivity contribution in [2.45, 2.75) is 9.79 Å². The van der Waals surface area contributed by atoms with Crippen LogP contribution in [0.2, 0.25) is 5.02 Å². The Bertz CT molecular complexity index is 589. The summed E-state index contributed by atoms with van der Waals surface area (Å²) in [5.74, 6) is 0. The van der Waals surface area contributed by atoms with Crippen LogP contribution in [-0.2, 0) is 0 Å². The SMILES string of the molecule is O=[N+]([O-])c1ccc(Br)cc1Sc1ccc(Cl)cc1. The molecule has 0 amide bonds. The van der Waals surface area contributed by atoms with Crippen LogP contribution in [0.1, 0.15) is 0 Å². The van der Waals surface area contributed by atoms with Gasteiger partial charge in [0.05, 0.1) is 9.82 Å². The van der Waals surface area contributed by atoms with Crippen molar-refractivity contribution in [2.75, 3.05) is 0 Å². The first kappa shape index (κ1) is 13.4. The zero-order valence-corrected chi connectivity index (χ0v) is 12.1. The third-order valence-electron chi connectivity index (χ3n) is 2.16. The molecule has 0 radical (unpaired) electrons. The summed E-state index contributed by atoms with van der Waals surface area (Å²) in [6.45, 7) is 0. The van der Waals surface area contributed by atoms with E-state index in [9.17, 15) is 10.1 Å². The largest absolute Gasteiger partial charge is 0.283 e. The molecule has 0 bridgehead atoms. The second-order valence-electron chi connectivity index (χ2n) is 3.43. The van der Waals surface area contributed by atoms with Gasteiger partial charge in [-0.2, -0.15) is 0 Å². The average Bonchev–Trinajstić information content (AvgIpc) is 2.32. The summed E-state index contributed by atoms with van der Waals surface area (Å²) in [5.41, 5.74) is 0.0955. The van der Waals surface area contributed by atoms with E-state index in [4.69, 9.17) is 11.6 Å². The first-order valence-electron chi connectivity index (χ1n) is 4.93. The maximum atomic E-state index is 10.9. The molecule has 2 aromatic rings. The number of hydrogen-bond donors (Lipinski definition) is 0. The fourth-order valence-corrected chi connectivity index (χ4v) is 2.95. The first-order valence-corrected chi connectivity index (χ1v) is 6.92. The lowest BCUT2D eigenvalue weighted by atomic mass is 10.3. The molecule has 0 fully saturated rings. The van der Waals surface area contributed by atoms with E-state index in [1.807, 2.05) is 12.1 Å². The Morgan fingerprint density at radius 2 is 1.83 bits per heavy atom. The predicted molar refractivity (Wildman–Crippen MR) is 76.4 cm³/mol. The number of benzene rings is 2. The minimum atomic E-state index is -0.384. The second kappa shape index (κ2) is 5.73. The lowest BCUT2D eigenvalue weighted by Crippen LogP contribution is -1.90. The van der Waals surface area contributed by atoms with E-state index < -0.39 is 0 Å². The van der Waals surface area contributed by atoms with E-state index in [0.717, 1.165) is 9.37 Å². The van der Waals surface area contributed by atoms with Crippen molar-refractivity contribution < 1.29 is 4.92 Å². The molecule has 0 saturated heterocycles. The molecule has 3 nitrogen and oxygen atoms in total. The van der Waals surface area contributed by atoms with Crippen LogP contribution in [0.4, 0.5) is 5.69 Å². The fourth-order valence-electron chi connectivity index (χ4n) is 1.35. The number of halogens is 2. The van der Waals surface area contributed by atoms with Crippen LogP contribution in [0.5, 0.6) is 0 Å². The van der Waals surface area contributed by atoms with Crippen molar-refractivity contribution in [1.29, 1.82) is 0 Å². The van der Waals surface area contributed by atoms with E-state index in [-0.39, 0.29) is 10.6 Å². The first-order chi connectivity index (χ1) is 8.56. The standard InChI is InChI=1S/C12H7BrClNO2S/c13-8-1-6-11(15(16)17)12(7-8)18-10-4-2-9(14)3-5-10/h1-7H. The van der Waals surface area contributed by atoms with Crippen LogP contribution in [-0.4, -0.2) is 4.92 Å². The molecule has 0 unspecified atom stereocenters. The predicted octanol–water partition coefficient (Wildman–Crippen LogP) is 5.16. The van der Waals surface area contributed by atoms with Crippen LogP contribution >= 0.6 is 39.3 Å². The summed E-state index contributed by atoms with van der Waals surface area (Å²) < 4.78 is 0.810. The molecule has 0 saturated carbocycles. The van der Waals surface area contributed by atoms with Gasteiger partial charge in [0.15, 0.2) is 0 Å². The Morgan fingerprint density at radius 3 is 2.44 bits per heavy atom. The minimum Gasteiger partial charge on any atom is -0.258 e. The number of nitrogens with zero attached hydrogens (tertiary/aromatic N) is 1. The van der Waals surface area contributed by atoms with Crippen molar-refractivity contribution in [3.05, 3.63) is 62.1 Å². The lowest BCUT2D eigenvalue weighted by molar-refractivity contribution is -0.387. The molecule has 18 heavy (non-hydrogen) atoms. The topological polar surface area (TPSA) is 43.1 Å². The van der Waals surface area contributed by atoms with Crippen LogP contribution in [0, 0.1) is 10.1 Å². The minimum absolute atomic E-state index is 0.0955. The van der Waals surface area contributed by atoms with Crippen molar-refractivity contribution in [1.82, 2.24) is 0 Å². The summed E-state index contributed by atoms with van der Waals surface area (Å²) in [5, 5.41) is 11.6. The van der Waals surface area contributed by atoms with Gasteiger partial charge < -0.3 is 0 Å². The Morgan fingerprint density at radius 1 is 1.17 bits per heavy atom. The average molecular weight is 345 g/mol. The van der Waals surface area contributed by atoms with Crippen molar-refractivity contribution >= 4 is 45.0 Å². The third-order valence-corrected chi connectivity index (χ3v) is 3.96. The van der Waals surface area contributed by atoms with Gasteiger partial charge in [-0.1, -0.05) is 39.3 Å². The van der Waals surface area contributed by atoms with E-state index in [2.05, 4.69) is 15.9 Å². The molecule has 2 aromatic carbocycles. The molecule has 0 heterocycles. The molecular weight excluding hydrogens is 338 g/mol. The summed E-state index contributed by atoms with van der Waals surface area (Å²) in [4.78, 5) is 12.0. The van der Waals surface area contributed by atoms with Crippen molar-refractivity contribution in [3.8, 4) is 0 Å². The van der Waals surface area contributed by atoms with Gasteiger partial charge in [-0.15, -0.1) is 0 Å². The molecule has 0 atom stereocenters. The quantitative estimate of drug-likeness (QED) is 0.570. The Hall–Kier alpha value is -1.04. The zero-order valence-electron chi connectivity index (χ0n) is 8.97. The van der Waals surface area contributed by atoms with Crippen LogP contribution in [0.25, 0.3) is 0 Å². The number of nitro benzene ring substituents is 1. The van der Waals surface area contributed by atoms with Gasteiger partial charge in [0, 0.05) is 20.5 Å². The monoisotopic (exact) mass is 343 g/mol. The van der Waals surface area contributed by atoms with Crippen molar-refractivity contribution in [2.24, 2.45) is 0 Å². The third kappa shape index (κ3) is 3.25. The second-order valence-corrected chi connectivity index (χ2v) is 5.89. The van der Waals surface area contributed by atoms with Crippen LogP contribution in [0.3, 0.4) is 0 Å². The fraction of sp³-hybridized carbons (Fsp3) is 0. The Balaban J connectivity index is 2.35. The van der Waals surface area contributed by atoms with Gasteiger partial charge in [-0.05, 0) is 36.4 Å². The molecule has 0 aromatic heterocycles. The van der Waals surface area contributed by atoms with Gasteiger partial charge in [-0.25, -0.2) is 0 Å². The molecule has 2 rings (SSSR count). The Kier molecular flexibility index (Phi) is 4.27. The summed E-state index contributed by atoms with van der Waals surface area (Å²) in [6.07, 6.45) is 0. The van der Waals surface area contributed by atoms with E-state index in [1.165, 1.54) is 17.8 Å². The summed E-state index contributed by atoms with van der Waals surface area (Å²) in [6, 6.07) is 12.1. The molecule has 0 aliphatic heterocycles. The number of rotatable bonds is 3. The number of hydrogen-bond acceptors (Lipinski definition) is 3. The van der Waals surface area contributed by atoms with Gasteiger partial charge in [0.1, 0.15) is 0 Å². The molecule has 0 aliphatic rings.